The van der Waals surface area contributed by atoms with Crippen LogP contribution in [0, 0.1) is 5.92 Å². The monoisotopic (exact) mass is 281 g/mol. The summed E-state index contributed by atoms with van der Waals surface area (Å²) in [5.74, 6) is 1.03. The van der Waals surface area contributed by atoms with E-state index < -0.39 is 0 Å². The van der Waals surface area contributed by atoms with E-state index in [9.17, 15) is 9.59 Å². The van der Waals surface area contributed by atoms with Crippen LogP contribution in [0.4, 0.5) is 0 Å². The van der Waals surface area contributed by atoms with Crippen LogP contribution in [0.3, 0.4) is 0 Å². The number of hydrogen-bond acceptors (Lipinski definition) is 3. The van der Waals surface area contributed by atoms with E-state index in [0.29, 0.717) is 31.8 Å². The van der Waals surface area contributed by atoms with Crippen molar-refractivity contribution in [3.63, 3.8) is 0 Å². The van der Waals surface area contributed by atoms with Gasteiger partial charge in [0.05, 0.1) is 0 Å². The molecule has 2 aliphatic heterocycles. The van der Waals surface area contributed by atoms with E-state index in [1.807, 2.05) is 16.7 Å². The molecule has 20 heavy (non-hydrogen) atoms. The number of nitrogens with zero attached hydrogens (tertiary/aromatic N) is 2. The highest BCUT2D eigenvalue weighted by molar-refractivity contribution is 5.77. The van der Waals surface area contributed by atoms with Gasteiger partial charge in [-0.25, -0.2) is 0 Å². The summed E-state index contributed by atoms with van der Waals surface area (Å²) in [4.78, 5) is 28.0. The van der Waals surface area contributed by atoms with E-state index in [4.69, 9.17) is 0 Å². The summed E-state index contributed by atoms with van der Waals surface area (Å²) in [6.07, 6.45) is 4.37. The van der Waals surface area contributed by atoms with Crippen LogP contribution in [-0.2, 0) is 9.59 Å². The quantitative estimate of drug-likeness (QED) is 0.834. The first-order chi connectivity index (χ1) is 9.70. The van der Waals surface area contributed by atoms with Crippen LogP contribution in [-0.4, -0.2) is 60.9 Å². The largest absolute Gasteiger partial charge is 0.341 e. The third-order valence-electron chi connectivity index (χ3n) is 4.43. The first kappa shape index (κ1) is 15.3. The maximum Gasteiger partial charge on any atom is 0.222 e. The summed E-state index contributed by atoms with van der Waals surface area (Å²) >= 11 is 0. The molecule has 0 bridgehead atoms. The fraction of sp³-hybridized carbons (Fsp3) is 0.867. The van der Waals surface area contributed by atoms with Crippen LogP contribution in [0.1, 0.15) is 39.0 Å². The lowest BCUT2D eigenvalue weighted by atomic mass is 9.94. The second kappa shape index (κ2) is 7.62. The van der Waals surface area contributed by atoms with Crippen LogP contribution >= 0.6 is 0 Å². The third kappa shape index (κ3) is 4.20. The summed E-state index contributed by atoms with van der Waals surface area (Å²) in [7, 11) is 0. The Labute approximate surface area is 121 Å². The van der Waals surface area contributed by atoms with E-state index >= 15 is 0 Å². The Morgan fingerprint density at radius 3 is 2.20 bits per heavy atom. The van der Waals surface area contributed by atoms with Crippen molar-refractivity contribution < 1.29 is 9.59 Å². The molecule has 2 saturated heterocycles. The molecule has 0 saturated carbocycles. The van der Waals surface area contributed by atoms with E-state index in [0.717, 1.165) is 45.4 Å². The number of hydrogen-bond donors (Lipinski definition) is 1. The van der Waals surface area contributed by atoms with Crippen molar-refractivity contribution in [3.05, 3.63) is 0 Å². The summed E-state index contributed by atoms with van der Waals surface area (Å²) in [5.41, 5.74) is 0. The SMILES string of the molecule is CCC(=O)N1CCCN(C(=O)CC2CCNCC2)CC1. The number of amides is 2. The second-order valence-electron chi connectivity index (χ2n) is 5.87. The molecule has 0 aromatic rings. The van der Waals surface area contributed by atoms with Crippen LogP contribution in [0.2, 0.25) is 0 Å². The average Bonchev–Trinajstić information content (AvgIpc) is 2.73. The van der Waals surface area contributed by atoms with Gasteiger partial charge in [0.25, 0.3) is 0 Å². The molecule has 2 heterocycles. The fourth-order valence-electron chi connectivity index (χ4n) is 3.10. The molecule has 0 radical (unpaired) electrons. The fourth-order valence-corrected chi connectivity index (χ4v) is 3.10. The Kier molecular flexibility index (Phi) is 5.83. The molecule has 0 aromatic heterocycles. The Balaban J connectivity index is 1.80. The van der Waals surface area contributed by atoms with Gasteiger partial charge in [-0.15, -0.1) is 0 Å². The third-order valence-corrected chi connectivity index (χ3v) is 4.43. The van der Waals surface area contributed by atoms with Crippen molar-refractivity contribution in [2.24, 2.45) is 5.92 Å². The Bertz CT molecular complexity index is 340. The van der Waals surface area contributed by atoms with Crippen molar-refractivity contribution >= 4 is 11.8 Å². The predicted molar refractivity (Wildman–Crippen MR) is 78.3 cm³/mol. The van der Waals surface area contributed by atoms with Gasteiger partial charge in [-0.1, -0.05) is 6.92 Å². The van der Waals surface area contributed by atoms with Gasteiger partial charge in [-0.3, -0.25) is 9.59 Å². The molecule has 0 unspecified atom stereocenters. The van der Waals surface area contributed by atoms with Crippen molar-refractivity contribution in [2.75, 3.05) is 39.3 Å². The van der Waals surface area contributed by atoms with Gasteiger partial charge < -0.3 is 15.1 Å². The molecular weight excluding hydrogens is 254 g/mol. The summed E-state index contributed by atoms with van der Waals surface area (Å²) in [6, 6.07) is 0. The minimum absolute atomic E-state index is 0.206. The van der Waals surface area contributed by atoms with E-state index in [1.165, 1.54) is 0 Å². The molecule has 0 aromatic carbocycles. The topological polar surface area (TPSA) is 52.7 Å². The molecule has 2 amide bonds. The summed E-state index contributed by atoms with van der Waals surface area (Å²) in [5, 5.41) is 3.33. The van der Waals surface area contributed by atoms with Gasteiger partial charge in [0, 0.05) is 39.0 Å². The highest BCUT2D eigenvalue weighted by Crippen LogP contribution is 2.18. The molecule has 1 N–H and O–H groups in total. The normalized spacial score (nSPS) is 21.6. The van der Waals surface area contributed by atoms with Crippen molar-refractivity contribution in [1.29, 1.82) is 0 Å². The predicted octanol–water partition coefficient (Wildman–Crippen LogP) is 0.847. The lowest BCUT2D eigenvalue weighted by Crippen LogP contribution is -2.38. The highest BCUT2D eigenvalue weighted by Gasteiger charge is 2.24. The maximum atomic E-state index is 12.4. The lowest BCUT2D eigenvalue weighted by molar-refractivity contribution is -0.134. The number of rotatable bonds is 3. The smallest absolute Gasteiger partial charge is 0.222 e. The molecule has 5 heteroatoms. The molecule has 114 valence electrons. The van der Waals surface area contributed by atoms with Gasteiger partial charge in [-0.2, -0.15) is 0 Å². The average molecular weight is 281 g/mol. The molecule has 0 aliphatic carbocycles. The van der Waals surface area contributed by atoms with Gasteiger partial charge in [0.1, 0.15) is 0 Å². The minimum Gasteiger partial charge on any atom is -0.341 e. The number of carbonyl (C=O) groups is 2. The zero-order valence-corrected chi connectivity index (χ0v) is 12.6. The molecule has 2 rings (SSSR count). The van der Waals surface area contributed by atoms with Gasteiger partial charge in [0.2, 0.25) is 11.8 Å². The molecule has 2 aliphatic rings. The van der Waals surface area contributed by atoms with Crippen molar-refractivity contribution in [2.45, 2.75) is 39.0 Å². The van der Waals surface area contributed by atoms with Gasteiger partial charge in [0.15, 0.2) is 0 Å². The number of nitrogens with one attached hydrogen (secondary N) is 1. The van der Waals surface area contributed by atoms with Gasteiger partial charge >= 0.3 is 0 Å². The van der Waals surface area contributed by atoms with Crippen LogP contribution in [0.5, 0.6) is 0 Å². The zero-order chi connectivity index (χ0) is 14.4. The van der Waals surface area contributed by atoms with Crippen molar-refractivity contribution in [1.82, 2.24) is 15.1 Å². The zero-order valence-electron chi connectivity index (χ0n) is 12.6. The first-order valence-corrected chi connectivity index (χ1v) is 7.97. The molecule has 0 atom stereocenters. The summed E-state index contributed by atoms with van der Waals surface area (Å²) < 4.78 is 0. The molecule has 5 nitrogen and oxygen atoms in total. The van der Waals surface area contributed by atoms with Crippen LogP contribution in [0.25, 0.3) is 0 Å². The highest BCUT2D eigenvalue weighted by atomic mass is 16.2. The Hall–Kier alpha value is -1.10. The number of piperidine rings is 1. The summed E-state index contributed by atoms with van der Waals surface area (Å²) in [6.45, 7) is 6.97. The second-order valence-corrected chi connectivity index (χ2v) is 5.87. The van der Waals surface area contributed by atoms with Crippen molar-refractivity contribution in [3.8, 4) is 0 Å². The molecular formula is C15H27N3O2. The maximum absolute atomic E-state index is 12.4. The Morgan fingerprint density at radius 2 is 1.60 bits per heavy atom. The standard InChI is InChI=1S/C15H27N3O2/c1-2-14(19)17-8-3-9-18(11-10-17)15(20)12-13-4-6-16-7-5-13/h13,16H,2-12H2,1H3. The van der Waals surface area contributed by atoms with Crippen LogP contribution < -0.4 is 5.32 Å². The Morgan fingerprint density at radius 1 is 1.00 bits per heavy atom. The first-order valence-electron chi connectivity index (χ1n) is 7.97. The van der Waals surface area contributed by atoms with Crippen LogP contribution in [0.15, 0.2) is 0 Å². The molecule has 0 spiro atoms. The van der Waals surface area contributed by atoms with E-state index in [2.05, 4.69) is 5.32 Å². The van der Waals surface area contributed by atoms with Gasteiger partial charge in [-0.05, 0) is 38.3 Å². The lowest BCUT2D eigenvalue weighted by Gasteiger charge is -2.26. The number of carbonyl (C=O) groups excluding carboxylic acids is 2. The minimum atomic E-state index is 0.206. The van der Waals surface area contributed by atoms with E-state index in [-0.39, 0.29) is 11.8 Å². The molecule has 2 fully saturated rings. The van der Waals surface area contributed by atoms with E-state index in [1.54, 1.807) is 0 Å².